The molecule has 0 unspecified atom stereocenters. The maximum absolute atomic E-state index is 13.4. The molecular formula is C22H21N3O3. The lowest BCUT2D eigenvalue weighted by atomic mass is 10.1. The summed E-state index contributed by atoms with van der Waals surface area (Å²) in [4.78, 5) is 27.1. The first-order valence-corrected chi connectivity index (χ1v) is 9.29. The number of amides is 1. The van der Waals surface area contributed by atoms with Gasteiger partial charge in [0, 0.05) is 12.1 Å². The Kier molecular flexibility index (Phi) is 4.93. The maximum Gasteiger partial charge on any atom is 0.328 e. The monoisotopic (exact) mass is 375 g/mol. The van der Waals surface area contributed by atoms with Gasteiger partial charge in [-0.3, -0.25) is 4.79 Å². The topological polar surface area (TPSA) is 64.4 Å². The van der Waals surface area contributed by atoms with E-state index < -0.39 is 6.04 Å². The number of likely N-dealkylation sites (tertiary alicyclic amines) is 1. The zero-order valence-electron chi connectivity index (χ0n) is 15.6. The number of nitrogens with zero attached hydrogens (tertiary/aromatic N) is 3. The number of aromatic nitrogens is 2. The first-order valence-electron chi connectivity index (χ1n) is 9.29. The Morgan fingerprint density at radius 3 is 2.39 bits per heavy atom. The predicted octanol–water partition coefficient (Wildman–Crippen LogP) is 3.32. The first kappa shape index (κ1) is 18.0. The highest BCUT2D eigenvalue weighted by atomic mass is 16.5. The van der Waals surface area contributed by atoms with Gasteiger partial charge in [0.15, 0.2) is 0 Å². The van der Waals surface area contributed by atoms with Crippen molar-refractivity contribution in [1.82, 2.24) is 14.7 Å². The summed E-state index contributed by atoms with van der Waals surface area (Å²) in [5, 5.41) is 4.69. The fourth-order valence-electron chi connectivity index (χ4n) is 3.59. The lowest BCUT2D eigenvalue weighted by Crippen LogP contribution is -2.41. The highest BCUT2D eigenvalue weighted by Gasteiger charge is 2.36. The molecule has 1 aliphatic rings. The standard InChI is InChI=1S/C22H21N3O3/c1-28-22(27)19-13-8-14-24(19)21(26)20-15-18(16-9-4-2-5-10-16)23-25(20)17-11-6-3-7-12-17/h2-7,9-12,15,19H,8,13-14H2,1H3/t19-/m1/s1. The largest absolute Gasteiger partial charge is 0.467 e. The van der Waals surface area contributed by atoms with Crippen LogP contribution in [0.5, 0.6) is 0 Å². The van der Waals surface area contributed by atoms with E-state index >= 15 is 0 Å². The highest BCUT2D eigenvalue weighted by molar-refractivity contribution is 5.97. The molecule has 0 radical (unpaired) electrons. The lowest BCUT2D eigenvalue weighted by molar-refractivity contribution is -0.145. The number of methoxy groups -OCH3 is 1. The highest BCUT2D eigenvalue weighted by Crippen LogP contribution is 2.26. The summed E-state index contributed by atoms with van der Waals surface area (Å²) in [7, 11) is 1.35. The molecule has 2 aromatic carbocycles. The van der Waals surface area contributed by atoms with Crippen molar-refractivity contribution >= 4 is 11.9 Å². The minimum absolute atomic E-state index is 0.216. The van der Waals surface area contributed by atoms with Gasteiger partial charge in [0.1, 0.15) is 11.7 Å². The average Bonchev–Trinajstić information content (AvgIpc) is 3.42. The van der Waals surface area contributed by atoms with E-state index in [1.54, 1.807) is 15.6 Å². The summed E-state index contributed by atoms with van der Waals surface area (Å²) in [6.07, 6.45) is 1.39. The van der Waals surface area contributed by atoms with Gasteiger partial charge in [0.05, 0.1) is 18.5 Å². The Labute approximate surface area is 163 Å². The molecule has 0 spiro atoms. The van der Waals surface area contributed by atoms with E-state index in [4.69, 9.17) is 4.74 Å². The van der Waals surface area contributed by atoms with Gasteiger partial charge >= 0.3 is 5.97 Å². The van der Waals surface area contributed by atoms with Crippen molar-refractivity contribution in [1.29, 1.82) is 0 Å². The van der Waals surface area contributed by atoms with E-state index in [9.17, 15) is 9.59 Å². The third kappa shape index (κ3) is 3.29. The van der Waals surface area contributed by atoms with Gasteiger partial charge in [-0.15, -0.1) is 0 Å². The number of hydrogen-bond donors (Lipinski definition) is 0. The van der Waals surface area contributed by atoms with Crippen molar-refractivity contribution in [2.75, 3.05) is 13.7 Å². The number of para-hydroxylation sites is 1. The summed E-state index contributed by atoms with van der Waals surface area (Å²) in [5.41, 5.74) is 2.86. The number of carbonyl (C=O) groups excluding carboxylic acids is 2. The Morgan fingerprint density at radius 1 is 1.04 bits per heavy atom. The fraction of sp³-hybridized carbons (Fsp3) is 0.227. The molecule has 1 atom stereocenters. The Morgan fingerprint density at radius 2 is 1.71 bits per heavy atom. The van der Waals surface area contributed by atoms with Gasteiger partial charge in [-0.05, 0) is 31.0 Å². The number of carbonyl (C=O) groups is 2. The van der Waals surface area contributed by atoms with Crippen molar-refractivity contribution in [2.24, 2.45) is 0 Å². The van der Waals surface area contributed by atoms with Gasteiger partial charge in [0.2, 0.25) is 0 Å². The van der Waals surface area contributed by atoms with Crippen LogP contribution in [0.2, 0.25) is 0 Å². The van der Waals surface area contributed by atoms with Crippen LogP contribution in [-0.4, -0.2) is 46.3 Å². The average molecular weight is 375 g/mol. The second-order valence-electron chi connectivity index (χ2n) is 6.71. The third-order valence-corrected chi connectivity index (χ3v) is 4.99. The summed E-state index contributed by atoms with van der Waals surface area (Å²) < 4.78 is 6.53. The smallest absolute Gasteiger partial charge is 0.328 e. The van der Waals surface area contributed by atoms with Crippen LogP contribution in [0, 0.1) is 0 Å². The lowest BCUT2D eigenvalue weighted by Gasteiger charge is -2.22. The molecule has 1 fully saturated rings. The minimum atomic E-state index is -0.545. The van der Waals surface area contributed by atoms with Gasteiger partial charge in [-0.2, -0.15) is 5.10 Å². The Bertz CT molecular complexity index is 983. The fourth-order valence-corrected chi connectivity index (χ4v) is 3.59. The van der Waals surface area contributed by atoms with Crippen LogP contribution in [0.4, 0.5) is 0 Å². The van der Waals surface area contributed by atoms with Gasteiger partial charge in [-0.1, -0.05) is 48.5 Å². The van der Waals surface area contributed by atoms with Crippen molar-refractivity contribution in [3.05, 3.63) is 72.4 Å². The zero-order chi connectivity index (χ0) is 19.5. The molecule has 4 rings (SSSR count). The van der Waals surface area contributed by atoms with Crippen molar-refractivity contribution < 1.29 is 14.3 Å². The number of benzene rings is 2. The van der Waals surface area contributed by atoms with E-state index in [-0.39, 0.29) is 11.9 Å². The summed E-state index contributed by atoms with van der Waals surface area (Å²) in [6, 6.07) is 20.5. The predicted molar refractivity (Wildman–Crippen MR) is 105 cm³/mol. The minimum Gasteiger partial charge on any atom is -0.467 e. The SMILES string of the molecule is COC(=O)[C@H]1CCCN1C(=O)c1cc(-c2ccccc2)nn1-c1ccccc1. The van der Waals surface area contributed by atoms with Crippen molar-refractivity contribution in [3.63, 3.8) is 0 Å². The molecule has 1 amide bonds. The first-order chi connectivity index (χ1) is 13.7. The summed E-state index contributed by atoms with van der Waals surface area (Å²) in [6.45, 7) is 0.527. The Hall–Kier alpha value is -3.41. The molecule has 1 saturated heterocycles. The number of hydrogen-bond acceptors (Lipinski definition) is 4. The van der Waals surface area contributed by atoms with Crippen molar-refractivity contribution in [2.45, 2.75) is 18.9 Å². The number of rotatable bonds is 4. The van der Waals surface area contributed by atoms with E-state index in [1.807, 2.05) is 60.7 Å². The zero-order valence-corrected chi connectivity index (χ0v) is 15.6. The second-order valence-corrected chi connectivity index (χ2v) is 6.71. The van der Waals surface area contributed by atoms with Crippen LogP contribution in [-0.2, 0) is 9.53 Å². The molecule has 142 valence electrons. The van der Waals surface area contributed by atoms with E-state index in [0.29, 0.717) is 24.4 Å². The van der Waals surface area contributed by atoms with E-state index in [1.165, 1.54) is 7.11 Å². The van der Waals surface area contributed by atoms with Crippen LogP contribution < -0.4 is 0 Å². The normalized spacial score (nSPS) is 16.2. The molecule has 2 heterocycles. The maximum atomic E-state index is 13.4. The second kappa shape index (κ2) is 7.68. The summed E-state index contributed by atoms with van der Waals surface area (Å²) in [5.74, 6) is -0.591. The molecule has 6 heteroatoms. The van der Waals surface area contributed by atoms with Crippen molar-refractivity contribution in [3.8, 4) is 16.9 Å². The number of esters is 1. The molecule has 1 aromatic heterocycles. The molecule has 6 nitrogen and oxygen atoms in total. The molecule has 0 aliphatic carbocycles. The molecular weight excluding hydrogens is 354 g/mol. The van der Waals surface area contributed by atoms with Gasteiger partial charge in [0.25, 0.3) is 5.91 Å². The summed E-state index contributed by atoms with van der Waals surface area (Å²) >= 11 is 0. The van der Waals surface area contributed by atoms with Gasteiger partial charge < -0.3 is 9.64 Å². The molecule has 0 saturated carbocycles. The number of ether oxygens (including phenoxy) is 1. The Balaban J connectivity index is 1.78. The van der Waals surface area contributed by atoms with E-state index in [0.717, 1.165) is 17.7 Å². The van der Waals surface area contributed by atoms with Gasteiger partial charge in [-0.25, -0.2) is 9.48 Å². The van der Waals surface area contributed by atoms with Crippen LogP contribution >= 0.6 is 0 Å². The third-order valence-electron chi connectivity index (χ3n) is 4.99. The van der Waals surface area contributed by atoms with E-state index in [2.05, 4.69) is 5.10 Å². The molecule has 0 bridgehead atoms. The molecule has 28 heavy (non-hydrogen) atoms. The molecule has 1 aliphatic heterocycles. The van der Waals surface area contributed by atoms with Crippen LogP contribution in [0.3, 0.4) is 0 Å². The molecule has 3 aromatic rings. The van der Waals surface area contributed by atoms with Crippen LogP contribution in [0.25, 0.3) is 16.9 Å². The quantitative estimate of drug-likeness (QED) is 0.656. The van der Waals surface area contributed by atoms with Crippen LogP contribution in [0.1, 0.15) is 23.3 Å². The molecule has 0 N–H and O–H groups in total. The van der Waals surface area contributed by atoms with Crippen LogP contribution in [0.15, 0.2) is 66.7 Å².